The number of anilines is 1. The maximum Gasteiger partial charge on any atom is 0.256 e. The molecule has 0 amide bonds. The number of hydrogen-bond donors (Lipinski definition) is 0. The van der Waals surface area contributed by atoms with Crippen LogP contribution in [-0.4, -0.2) is 21.5 Å². The van der Waals surface area contributed by atoms with Crippen molar-refractivity contribution in [3.05, 3.63) is 60.0 Å². The molecule has 0 spiro atoms. The van der Waals surface area contributed by atoms with E-state index in [-0.39, 0.29) is 5.89 Å². The Hall–Kier alpha value is -2.47. The predicted molar refractivity (Wildman–Crippen MR) is 94.4 cm³/mol. The summed E-state index contributed by atoms with van der Waals surface area (Å²) in [7, 11) is -0.994. The minimum Gasteiger partial charge on any atom is -0.434 e. The van der Waals surface area contributed by atoms with Crippen LogP contribution < -0.4 is 4.31 Å². The summed E-state index contributed by atoms with van der Waals surface area (Å²) in [4.78, 5) is 4.23. The molecule has 1 aliphatic rings. The third kappa shape index (κ3) is 2.85. The van der Waals surface area contributed by atoms with E-state index < -0.39 is 16.8 Å². The largest absolute Gasteiger partial charge is 0.434 e. The molecule has 2 heterocycles. The van der Waals surface area contributed by atoms with Crippen LogP contribution in [0.1, 0.15) is 17.9 Å². The van der Waals surface area contributed by atoms with Gasteiger partial charge in [-0.25, -0.2) is 13.6 Å². The number of aromatic nitrogens is 1. The molecule has 0 bridgehead atoms. The molecule has 1 saturated heterocycles. The van der Waals surface area contributed by atoms with E-state index in [1.165, 1.54) is 6.08 Å². The Labute approximate surface area is 141 Å². The molecule has 4 rings (SSSR count). The Morgan fingerprint density at radius 2 is 2.08 bits per heavy atom. The first kappa shape index (κ1) is 15.1. The summed E-state index contributed by atoms with van der Waals surface area (Å²) in [5.41, 5.74) is 2.63. The number of fused-ring (bicyclic) bond motifs is 1. The minimum absolute atomic E-state index is 0.0476. The van der Waals surface area contributed by atoms with Gasteiger partial charge in [-0.2, -0.15) is 0 Å². The first-order valence-corrected chi connectivity index (χ1v) is 8.97. The fourth-order valence-electron chi connectivity index (χ4n) is 2.72. The quantitative estimate of drug-likeness (QED) is 0.718. The maximum atomic E-state index is 14.4. The highest BCUT2D eigenvalue weighted by Gasteiger charge is 2.21. The Morgan fingerprint density at radius 1 is 1.25 bits per heavy atom. The highest BCUT2D eigenvalue weighted by molar-refractivity contribution is 7.86. The molecule has 2 aromatic carbocycles. The van der Waals surface area contributed by atoms with Gasteiger partial charge in [0.25, 0.3) is 5.89 Å². The Balaban J connectivity index is 1.68. The molecule has 6 heteroatoms. The van der Waals surface area contributed by atoms with E-state index in [2.05, 4.69) is 4.98 Å². The lowest BCUT2D eigenvalue weighted by Gasteiger charge is -2.15. The molecule has 1 atom stereocenters. The first-order chi connectivity index (χ1) is 11.7. The lowest BCUT2D eigenvalue weighted by atomic mass is 10.2. The van der Waals surface area contributed by atoms with Crippen LogP contribution in [0.5, 0.6) is 0 Å². The van der Waals surface area contributed by atoms with E-state index in [0.29, 0.717) is 16.9 Å². The number of rotatable bonds is 3. The van der Waals surface area contributed by atoms with Crippen molar-refractivity contribution in [1.29, 1.82) is 0 Å². The molecule has 122 valence electrons. The summed E-state index contributed by atoms with van der Waals surface area (Å²) in [6.07, 6.45) is 2.30. The Bertz CT molecular complexity index is 937. The average molecular weight is 342 g/mol. The van der Waals surface area contributed by atoms with Gasteiger partial charge in [-0.1, -0.05) is 30.3 Å². The Morgan fingerprint density at radius 3 is 2.83 bits per heavy atom. The smallest absolute Gasteiger partial charge is 0.256 e. The molecule has 3 aromatic rings. The molecule has 0 N–H and O–H groups in total. The second-order valence-electron chi connectivity index (χ2n) is 5.56. The standard InChI is InChI=1S/C18H15FN2O2S/c19-15(11-13-5-2-1-3-6-13)18-20-16-12-14(7-8-17(16)23-18)21-9-4-10-24(21)22/h1-3,5-8,11-12H,4,9-10H2/b15-11-. The lowest BCUT2D eigenvalue weighted by molar-refractivity contribution is 0.556. The fourth-order valence-corrected chi connectivity index (χ4v) is 4.00. The van der Waals surface area contributed by atoms with Crippen LogP contribution in [0.4, 0.5) is 10.1 Å². The van der Waals surface area contributed by atoms with Gasteiger partial charge < -0.3 is 4.42 Å². The van der Waals surface area contributed by atoms with Gasteiger partial charge in [0.15, 0.2) is 11.4 Å². The highest BCUT2D eigenvalue weighted by Crippen LogP contribution is 2.29. The van der Waals surface area contributed by atoms with Crippen molar-refractivity contribution in [2.24, 2.45) is 0 Å². The van der Waals surface area contributed by atoms with Crippen LogP contribution in [0.2, 0.25) is 0 Å². The van der Waals surface area contributed by atoms with E-state index in [1.54, 1.807) is 12.1 Å². The molecule has 0 saturated carbocycles. The highest BCUT2D eigenvalue weighted by atomic mass is 32.2. The monoisotopic (exact) mass is 342 g/mol. The first-order valence-electron chi connectivity index (χ1n) is 7.70. The lowest BCUT2D eigenvalue weighted by Crippen LogP contribution is -2.19. The molecule has 4 nitrogen and oxygen atoms in total. The van der Waals surface area contributed by atoms with Crippen LogP contribution in [0.3, 0.4) is 0 Å². The Kier molecular flexibility index (Phi) is 3.90. The summed E-state index contributed by atoms with van der Waals surface area (Å²) in [5.74, 6) is 0.105. The molecular formula is C18H15FN2O2S. The maximum absolute atomic E-state index is 14.4. The van der Waals surface area contributed by atoms with Crippen molar-refractivity contribution in [2.45, 2.75) is 6.42 Å². The van der Waals surface area contributed by atoms with Gasteiger partial charge in [-0.05, 0) is 36.3 Å². The van der Waals surface area contributed by atoms with E-state index in [1.807, 2.05) is 40.7 Å². The van der Waals surface area contributed by atoms with Crippen molar-refractivity contribution in [2.75, 3.05) is 16.6 Å². The second kappa shape index (κ2) is 6.20. The summed E-state index contributed by atoms with van der Waals surface area (Å²) < 4.78 is 33.7. The molecule has 1 aromatic heterocycles. The number of oxazole rings is 1. The van der Waals surface area contributed by atoms with Crippen LogP contribution in [0.15, 0.2) is 52.9 Å². The average Bonchev–Trinajstić information content (AvgIpc) is 3.21. The molecule has 1 aliphatic heterocycles. The van der Waals surface area contributed by atoms with Gasteiger partial charge in [-0.15, -0.1) is 0 Å². The van der Waals surface area contributed by atoms with Gasteiger partial charge >= 0.3 is 0 Å². The van der Waals surface area contributed by atoms with Crippen LogP contribution in [-0.2, 0) is 11.0 Å². The SMILES string of the molecule is O=S1CCCN1c1ccc2oc(/C(F)=C/c3ccccc3)nc2c1. The van der Waals surface area contributed by atoms with Crippen molar-refractivity contribution < 1.29 is 13.0 Å². The number of benzene rings is 2. The van der Waals surface area contributed by atoms with Gasteiger partial charge in [0.2, 0.25) is 0 Å². The molecule has 1 fully saturated rings. The zero-order chi connectivity index (χ0) is 16.5. The van der Waals surface area contributed by atoms with Crippen LogP contribution in [0, 0.1) is 0 Å². The third-order valence-corrected chi connectivity index (χ3v) is 5.41. The summed E-state index contributed by atoms with van der Waals surface area (Å²) in [6.45, 7) is 0.755. The van der Waals surface area contributed by atoms with E-state index in [9.17, 15) is 8.60 Å². The van der Waals surface area contributed by atoms with Gasteiger partial charge in [0, 0.05) is 12.3 Å². The minimum atomic E-state index is -0.994. The zero-order valence-electron chi connectivity index (χ0n) is 12.8. The summed E-state index contributed by atoms with van der Waals surface area (Å²) in [5, 5.41) is 0. The van der Waals surface area contributed by atoms with Crippen molar-refractivity contribution >= 4 is 39.7 Å². The molecule has 0 radical (unpaired) electrons. The van der Waals surface area contributed by atoms with E-state index in [0.717, 1.165) is 24.2 Å². The van der Waals surface area contributed by atoms with E-state index >= 15 is 0 Å². The predicted octanol–water partition coefficient (Wildman–Crippen LogP) is 4.17. The van der Waals surface area contributed by atoms with Crippen LogP contribution in [0.25, 0.3) is 23.0 Å². The van der Waals surface area contributed by atoms with E-state index in [4.69, 9.17) is 4.42 Å². The molecule has 24 heavy (non-hydrogen) atoms. The number of hydrogen-bond acceptors (Lipinski definition) is 3. The van der Waals surface area contributed by atoms with Gasteiger partial charge in [0.1, 0.15) is 16.5 Å². The normalized spacial score (nSPS) is 18.5. The van der Waals surface area contributed by atoms with Gasteiger partial charge in [0.05, 0.1) is 5.69 Å². The molecule has 0 aliphatic carbocycles. The molecule has 1 unspecified atom stereocenters. The summed E-state index contributed by atoms with van der Waals surface area (Å²) in [6, 6.07) is 14.5. The number of nitrogens with zero attached hydrogens (tertiary/aromatic N) is 2. The molecular weight excluding hydrogens is 327 g/mol. The van der Waals surface area contributed by atoms with Crippen LogP contribution >= 0.6 is 0 Å². The van der Waals surface area contributed by atoms with Gasteiger partial charge in [-0.3, -0.25) is 4.31 Å². The second-order valence-corrected chi connectivity index (χ2v) is 7.05. The topological polar surface area (TPSA) is 46.3 Å². The fraction of sp³-hybridized carbons (Fsp3) is 0.167. The number of halogens is 1. The van der Waals surface area contributed by atoms with Crippen molar-refractivity contribution in [3.63, 3.8) is 0 Å². The van der Waals surface area contributed by atoms with Crippen molar-refractivity contribution in [3.8, 4) is 0 Å². The third-order valence-electron chi connectivity index (χ3n) is 3.88. The summed E-state index contributed by atoms with van der Waals surface area (Å²) >= 11 is 0. The zero-order valence-corrected chi connectivity index (χ0v) is 13.6. The van der Waals surface area contributed by atoms with Crippen molar-refractivity contribution in [1.82, 2.24) is 4.98 Å².